The van der Waals surface area contributed by atoms with Crippen LogP contribution in [0.4, 0.5) is 5.69 Å². The summed E-state index contributed by atoms with van der Waals surface area (Å²) >= 11 is 6.24. The number of amides is 2. The summed E-state index contributed by atoms with van der Waals surface area (Å²) in [4.78, 5) is 27.2. The van der Waals surface area contributed by atoms with Crippen LogP contribution in [0.2, 0.25) is 5.02 Å². The molecule has 2 aromatic carbocycles. The second kappa shape index (κ2) is 8.36. The molecule has 0 radical (unpaired) electrons. The monoisotopic (exact) mass is 396 g/mol. The van der Waals surface area contributed by atoms with Gasteiger partial charge < -0.3 is 10.2 Å². The van der Waals surface area contributed by atoms with Gasteiger partial charge in [0.15, 0.2) is 0 Å². The SMILES string of the molecule is O=C(Nc1ccc(C(=O)N2CCCCCC2)cc1)C1CC1c1ccccc1Cl. The summed E-state index contributed by atoms with van der Waals surface area (Å²) in [7, 11) is 0. The molecule has 2 amide bonds. The molecule has 0 bridgehead atoms. The molecule has 1 saturated carbocycles. The van der Waals surface area contributed by atoms with Crippen molar-refractivity contribution in [3.63, 3.8) is 0 Å². The van der Waals surface area contributed by atoms with Crippen LogP contribution in [0.15, 0.2) is 48.5 Å². The molecule has 1 N–H and O–H groups in total. The molecule has 0 spiro atoms. The van der Waals surface area contributed by atoms with Gasteiger partial charge in [-0.15, -0.1) is 0 Å². The van der Waals surface area contributed by atoms with Crippen molar-refractivity contribution in [2.45, 2.75) is 38.0 Å². The summed E-state index contributed by atoms with van der Waals surface area (Å²) in [6.07, 6.45) is 5.37. The van der Waals surface area contributed by atoms with E-state index in [-0.39, 0.29) is 23.7 Å². The maximum Gasteiger partial charge on any atom is 0.253 e. The molecule has 28 heavy (non-hydrogen) atoms. The Hall–Kier alpha value is -2.33. The smallest absolute Gasteiger partial charge is 0.253 e. The Morgan fingerprint density at radius 2 is 1.61 bits per heavy atom. The van der Waals surface area contributed by atoms with Crippen LogP contribution in [0.3, 0.4) is 0 Å². The molecule has 2 fully saturated rings. The number of halogens is 1. The Labute approximate surface area is 170 Å². The van der Waals surface area contributed by atoms with E-state index >= 15 is 0 Å². The van der Waals surface area contributed by atoms with E-state index in [2.05, 4.69) is 5.32 Å². The number of hydrogen-bond acceptors (Lipinski definition) is 2. The molecule has 4 rings (SSSR count). The molecule has 1 aliphatic carbocycles. The predicted octanol–water partition coefficient (Wildman–Crippen LogP) is 5.10. The number of nitrogens with zero attached hydrogens (tertiary/aromatic N) is 1. The van der Waals surface area contributed by atoms with Crippen LogP contribution in [0.5, 0.6) is 0 Å². The maximum atomic E-state index is 12.7. The Morgan fingerprint density at radius 3 is 2.29 bits per heavy atom. The van der Waals surface area contributed by atoms with E-state index in [0.717, 1.165) is 48.6 Å². The standard InChI is InChI=1S/C23H25ClN2O2/c24-21-8-4-3-7-18(21)19-15-20(19)22(27)25-17-11-9-16(10-12-17)23(28)26-13-5-1-2-6-14-26/h3-4,7-12,19-20H,1-2,5-6,13-15H2,(H,25,27). The van der Waals surface area contributed by atoms with Crippen molar-refractivity contribution in [2.75, 3.05) is 18.4 Å². The number of rotatable bonds is 4. The van der Waals surface area contributed by atoms with Crippen LogP contribution in [0.1, 0.15) is 53.9 Å². The van der Waals surface area contributed by atoms with Gasteiger partial charge in [-0.25, -0.2) is 0 Å². The molecular weight excluding hydrogens is 372 g/mol. The van der Waals surface area contributed by atoms with Gasteiger partial charge in [-0.3, -0.25) is 9.59 Å². The van der Waals surface area contributed by atoms with E-state index in [1.54, 1.807) is 12.1 Å². The zero-order chi connectivity index (χ0) is 19.5. The lowest BCUT2D eigenvalue weighted by Gasteiger charge is -2.20. The molecule has 1 saturated heterocycles. The minimum atomic E-state index is -0.0432. The molecular formula is C23H25ClN2O2. The van der Waals surface area contributed by atoms with Gasteiger partial charge in [0.05, 0.1) is 0 Å². The molecule has 5 heteroatoms. The van der Waals surface area contributed by atoms with Crippen molar-refractivity contribution >= 4 is 29.1 Å². The van der Waals surface area contributed by atoms with Crippen LogP contribution < -0.4 is 5.32 Å². The quantitative estimate of drug-likeness (QED) is 0.781. The first-order valence-corrected chi connectivity index (χ1v) is 10.5. The van der Waals surface area contributed by atoms with E-state index in [0.29, 0.717) is 5.56 Å². The minimum Gasteiger partial charge on any atom is -0.339 e. The zero-order valence-corrected chi connectivity index (χ0v) is 16.6. The molecule has 2 unspecified atom stereocenters. The fourth-order valence-electron chi connectivity index (χ4n) is 3.99. The maximum absolute atomic E-state index is 12.7. The van der Waals surface area contributed by atoms with Gasteiger partial charge >= 0.3 is 0 Å². The highest BCUT2D eigenvalue weighted by Crippen LogP contribution is 2.50. The average Bonchev–Trinajstić information content (AvgIpc) is 3.52. The number of anilines is 1. The van der Waals surface area contributed by atoms with Crippen molar-refractivity contribution in [2.24, 2.45) is 5.92 Å². The van der Waals surface area contributed by atoms with E-state index < -0.39 is 0 Å². The number of carbonyl (C=O) groups excluding carboxylic acids is 2. The van der Waals surface area contributed by atoms with E-state index in [4.69, 9.17) is 11.6 Å². The largest absolute Gasteiger partial charge is 0.339 e. The lowest BCUT2D eigenvalue weighted by atomic mass is 10.1. The summed E-state index contributed by atoms with van der Waals surface area (Å²) in [6.45, 7) is 1.67. The summed E-state index contributed by atoms with van der Waals surface area (Å²) < 4.78 is 0. The molecule has 4 nitrogen and oxygen atoms in total. The molecule has 146 valence electrons. The Morgan fingerprint density at radius 1 is 0.929 bits per heavy atom. The average molecular weight is 397 g/mol. The molecule has 2 atom stereocenters. The Kier molecular flexibility index (Phi) is 5.67. The van der Waals surface area contributed by atoms with Crippen molar-refractivity contribution < 1.29 is 9.59 Å². The number of carbonyl (C=O) groups is 2. The highest BCUT2D eigenvalue weighted by molar-refractivity contribution is 6.31. The van der Waals surface area contributed by atoms with Gasteiger partial charge in [0, 0.05) is 35.3 Å². The third-order valence-electron chi connectivity index (χ3n) is 5.72. The summed E-state index contributed by atoms with van der Waals surface area (Å²) in [5, 5.41) is 3.69. The van der Waals surface area contributed by atoms with E-state index in [1.165, 1.54) is 12.8 Å². The number of nitrogens with one attached hydrogen (secondary N) is 1. The van der Waals surface area contributed by atoms with Gasteiger partial charge in [-0.1, -0.05) is 42.6 Å². The van der Waals surface area contributed by atoms with Crippen molar-refractivity contribution in [1.82, 2.24) is 4.90 Å². The molecule has 1 aliphatic heterocycles. The van der Waals surface area contributed by atoms with Crippen LogP contribution in [0, 0.1) is 5.92 Å². The molecule has 0 aromatic heterocycles. The third-order valence-corrected chi connectivity index (χ3v) is 6.07. The highest BCUT2D eigenvalue weighted by atomic mass is 35.5. The fourth-order valence-corrected chi connectivity index (χ4v) is 4.27. The topological polar surface area (TPSA) is 49.4 Å². The number of likely N-dealkylation sites (tertiary alicyclic amines) is 1. The lowest BCUT2D eigenvalue weighted by Crippen LogP contribution is -2.31. The molecule has 2 aliphatic rings. The van der Waals surface area contributed by atoms with E-state index in [1.807, 2.05) is 41.3 Å². The second-order valence-electron chi connectivity index (χ2n) is 7.74. The first kappa shape index (κ1) is 19.0. The second-order valence-corrected chi connectivity index (χ2v) is 8.15. The van der Waals surface area contributed by atoms with Crippen molar-refractivity contribution in [1.29, 1.82) is 0 Å². The van der Waals surface area contributed by atoms with Gasteiger partial charge in [0.2, 0.25) is 5.91 Å². The van der Waals surface area contributed by atoms with Crippen LogP contribution in [0.25, 0.3) is 0 Å². The van der Waals surface area contributed by atoms with Crippen molar-refractivity contribution in [3.05, 3.63) is 64.7 Å². The molecule has 1 heterocycles. The summed E-state index contributed by atoms with van der Waals surface area (Å²) in [5.74, 6) is 0.244. The van der Waals surface area contributed by atoms with Crippen molar-refractivity contribution in [3.8, 4) is 0 Å². The van der Waals surface area contributed by atoms with Gasteiger partial charge in [-0.05, 0) is 61.1 Å². The number of benzene rings is 2. The first-order chi connectivity index (χ1) is 13.6. The first-order valence-electron chi connectivity index (χ1n) is 10.1. The van der Waals surface area contributed by atoms with Gasteiger partial charge in [-0.2, -0.15) is 0 Å². The summed E-state index contributed by atoms with van der Waals surface area (Å²) in [5.41, 5.74) is 2.45. The highest BCUT2D eigenvalue weighted by Gasteiger charge is 2.44. The lowest BCUT2D eigenvalue weighted by molar-refractivity contribution is -0.117. The fraction of sp³-hybridized carbons (Fsp3) is 0.391. The zero-order valence-electron chi connectivity index (χ0n) is 15.9. The minimum absolute atomic E-state index is 0.0107. The Bertz CT molecular complexity index is 857. The normalized spacial score (nSPS) is 21.7. The molecule has 2 aromatic rings. The van der Waals surface area contributed by atoms with Gasteiger partial charge in [0.25, 0.3) is 5.91 Å². The Balaban J connectivity index is 1.35. The predicted molar refractivity (Wildman–Crippen MR) is 112 cm³/mol. The third kappa shape index (κ3) is 4.22. The summed E-state index contributed by atoms with van der Waals surface area (Å²) in [6, 6.07) is 15.0. The van der Waals surface area contributed by atoms with Crippen LogP contribution >= 0.6 is 11.6 Å². The number of hydrogen-bond donors (Lipinski definition) is 1. The van der Waals surface area contributed by atoms with Crippen LogP contribution in [-0.4, -0.2) is 29.8 Å². The van der Waals surface area contributed by atoms with Gasteiger partial charge in [0.1, 0.15) is 0 Å². The van der Waals surface area contributed by atoms with Crippen LogP contribution in [-0.2, 0) is 4.79 Å². The van der Waals surface area contributed by atoms with E-state index in [9.17, 15) is 9.59 Å².